The minimum absolute atomic E-state index is 0.728. The van der Waals surface area contributed by atoms with E-state index in [-0.39, 0.29) is 0 Å². The van der Waals surface area contributed by atoms with Crippen molar-refractivity contribution in [3.63, 3.8) is 0 Å². The van der Waals surface area contributed by atoms with Gasteiger partial charge < -0.3 is 5.73 Å². The Balaban J connectivity index is 2.67. The van der Waals surface area contributed by atoms with E-state index >= 15 is 0 Å². The molecule has 0 aromatic rings. The summed E-state index contributed by atoms with van der Waals surface area (Å²) in [6.45, 7) is 0. The first kappa shape index (κ1) is 4.84. The van der Waals surface area contributed by atoms with Crippen LogP contribution in [0.3, 0.4) is 0 Å². The Morgan fingerprint density at radius 3 is 2.71 bits per heavy atom. The van der Waals surface area contributed by atoms with Gasteiger partial charge in [0.15, 0.2) is 0 Å². The maximum atomic E-state index is 10.4. The molecule has 1 aliphatic heterocycles. The molecule has 0 saturated heterocycles. The molecule has 0 spiro atoms. The molecular weight excluding hydrogens is 110 g/mol. The van der Waals surface area contributed by atoms with Crippen LogP contribution >= 0.6 is 0 Å². The number of hydrogen-bond donors (Lipinski definition) is 1. The third kappa shape index (κ3) is 1.03. The van der Waals surface area contributed by atoms with Crippen molar-refractivity contribution in [3.05, 3.63) is 11.1 Å². The fraction of sp³-hybridized carbons (Fsp3) is 0.500. The SMILES string of the molecule is NC1=CS(=O)CC1. The van der Waals surface area contributed by atoms with Gasteiger partial charge in [-0.3, -0.25) is 4.21 Å². The number of allylic oxidation sites excluding steroid dienone is 1. The van der Waals surface area contributed by atoms with Crippen LogP contribution in [-0.2, 0) is 10.8 Å². The molecule has 1 unspecified atom stereocenters. The summed E-state index contributed by atoms with van der Waals surface area (Å²) in [6.07, 6.45) is 0.812. The number of nitrogens with two attached hydrogens (primary N) is 1. The van der Waals surface area contributed by atoms with Crippen LogP contribution in [0.1, 0.15) is 6.42 Å². The van der Waals surface area contributed by atoms with Gasteiger partial charge in [0.05, 0.1) is 0 Å². The molecule has 2 nitrogen and oxygen atoms in total. The van der Waals surface area contributed by atoms with Crippen molar-refractivity contribution in [2.75, 3.05) is 5.75 Å². The van der Waals surface area contributed by atoms with Gasteiger partial charge in [0.25, 0.3) is 0 Å². The second kappa shape index (κ2) is 1.66. The third-order valence-corrected chi connectivity index (χ3v) is 2.05. The first-order valence-corrected chi connectivity index (χ1v) is 3.50. The summed E-state index contributed by atoms with van der Waals surface area (Å²) in [4.78, 5) is 0. The molecule has 1 atom stereocenters. The largest absolute Gasteiger partial charge is 0.402 e. The predicted molar refractivity (Wildman–Crippen MR) is 29.9 cm³/mol. The van der Waals surface area contributed by atoms with Crippen molar-refractivity contribution in [2.24, 2.45) is 5.73 Å². The Hall–Kier alpha value is -0.310. The molecular formula is C4H7NOS. The normalized spacial score (nSPS) is 30.3. The Morgan fingerprint density at radius 2 is 2.57 bits per heavy atom. The van der Waals surface area contributed by atoms with E-state index in [1.165, 1.54) is 0 Å². The van der Waals surface area contributed by atoms with Gasteiger partial charge in [0.1, 0.15) is 0 Å². The molecule has 40 valence electrons. The van der Waals surface area contributed by atoms with Gasteiger partial charge in [-0.05, 0) is 6.42 Å². The van der Waals surface area contributed by atoms with Crippen molar-refractivity contribution in [1.29, 1.82) is 0 Å². The Kier molecular flexibility index (Phi) is 1.15. The molecule has 0 bridgehead atoms. The smallest absolute Gasteiger partial charge is 0.0477 e. The zero-order valence-corrected chi connectivity index (χ0v) is 4.70. The molecule has 0 aliphatic carbocycles. The lowest BCUT2D eigenvalue weighted by molar-refractivity contribution is 0.689. The van der Waals surface area contributed by atoms with Crippen LogP contribution in [0.4, 0.5) is 0 Å². The van der Waals surface area contributed by atoms with Gasteiger partial charge in [-0.15, -0.1) is 0 Å². The van der Waals surface area contributed by atoms with E-state index < -0.39 is 10.8 Å². The first-order chi connectivity index (χ1) is 3.29. The number of rotatable bonds is 0. The average Bonchev–Trinajstić information content (AvgIpc) is 1.87. The van der Waals surface area contributed by atoms with E-state index in [4.69, 9.17) is 5.73 Å². The van der Waals surface area contributed by atoms with E-state index in [0.29, 0.717) is 0 Å². The second-order valence-corrected chi connectivity index (χ2v) is 2.93. The summed E-state index contributed by atoms with van der Waals surface area (Å²) in [7, 11) is -0.740. The van der Waals surface area contributed by atoms with Crippen LogP contribution in [0.5, 0.6) is 0 Å². The Morgan fingerprint density at radius 1 is 1.86 bits per heavy atom. The van der Waals surface area contributed by atoms with Gasteiger partial charge in [0.2, 0.25) is 0 Å². The highest BCUT2D eigenvalue weighted by Crippen LogP contribution is 2.05. The van der Waals surface area contributed by atoms with Crippen LogP contribution in [0.25, 0.3) is 0 Å². The van der Waals surface area contributed by atoms with E-state index in [9.17, 15) is 4.21 Å². The van der Waals surface area contributed by atoms with Crippen molar-refractivity contribution in [1.82, 2.24) is 0 Å². The molecule has 0 saturated carbocycles. The quantitative estimate of drug-likeness (QED) is 0.483. The molecule has 0 fully saturated rings. The van der Waals surface area contributed by atoms with Crippen molar-refractivity contribution in [3.8, 4) is 0 Å². The summed E-state index contributed by atoms with van der Waals surface area (Å²) < 4.78 is 10.4. The maximum absolute atomic E-state index is 10.4. The lowest BCUT2D eigenvalue weighted by atomic mass is 10.4. The lowest BCUT2D eigenvalue weighted by Gasteiger charge is -1.79. The third-order valence-electron chi connectivity index (χ3n) is 0.875. The highest BCUT2D eigenvalue weighted by Gasteiger charge is 2.05. The maximum Gasteiger partial charge on any atom is 0.0477 e. The summed E-state index contributed by atoms with van der Waals surface area (Å²) in [5.74, 6) is 0.728. The summed E-state index contributed by atoms with van der Waals surface area (Å²) in [6, 6.07) is 0. The van der Waals surface area contributed by atoms with Gasteiger partial charge in [-0.1, -0.05) is 0 Å². The Bertz CT molecular complexity index is 130. The van der Waals surface area contributed by atoms with E-state index in [1.807, 2.05) is 0 Å². The fourth-order valence-corrected chi connectivity index (χ4v) is 1.52. The van der Waals surface area contributed by atoms with Crippen LogP contribution < -0.4 is 5.73 Å². The molecule has 0 aromatic heterocycles. The minimum atomic E-state index is -0.740. The van der Waals surface area contributed by atoms with Crippen LogP contribution in [0.2, 0.25) is 0 Å². The molecule has 0 radical (unpaired) electrons. The molecule has 1 heterocycles. The van der Waals surface area contributed by atoms with Crippen molar-refractivity contribution >= 4 is 10.8 Å². The Labute approximate surface area is 44.9 Å². The van der Waals surface area contributed by atoms with Crippen molar-refractivity contribution < 1.29 is 4.21 Å². The van der Waals surface area contributed by atoms with Gasteiger partial charge >= 0.3 is 0 Å². The molecule has 2 N–H and O–H groups in total. The zero-order chi connectivity index (χ0) is 5.28. The van der Waals surface area contributed by atoms with Gasteiger partial charge in [0, 0.05) is 27.7 Å². The van der Waals surface area contributed by atoms with E-state index in [1.54, 1.807) is 5.41 Å². The highest BCUT2D eigenvalue weighted by molar-refractivity contribution is 7.88. The molecule has 7 heavy (non-hydrogen) atoms. The minimum Gasteiger partial charge on any atom is -0.402 e. The summed E-state index contributed by atoms with van der Waals surface area (Å²) in [5.41, 5.74) is 6.07. The molecule has 0 aromatic carbocycles. The molecule has 0 amide bonds. The molecule has 3 heteroatoms. The van der Waals surface area contributed by atoms with Gasteiger partial charge in [-0.25, -0.2) is 0 Å². The van der Waals surface area contributed by atoms with Gasteiger partial charge in [-0.2, -0.15) is 0 Å². The predicted octanol–water partition coefficient (Wildman–Crippen LogP) is -0.0611. The highest BCUT2D eigenvalue weighted by atomic mass is 32.2. The second-order valence-electron chi connectivity index (χ2n) is 1.53. The standard InChI is InChI=1S/C4H7NOS/c5-4-1-2-7(6)3-4/h3H,1-2,5H2. The van der Waals surface area contributed by atoms with Crippen molar-refractivity contribution in [2.45, 2.75) is 6.42 Å². The first-order valence-electron chi connectivity index (χ1n) is 2.12. The summed E-state index contributed by atoms with van der Waals surface area (Å²) >= 11 is 0. The van der Waals surface area contributed by atoms with Crippen LogP contribution in [0, 0.1) is 0 Å². The number of hydrogen-bond acceptors (Lipinski definition) is 2. The molecule has 1 rings (SSSR count). The molecule has 1 aliphatic rings. The topological polar surface area (TPSA) is 43.1 Å². The average molecular weight is 117 g/mol. The zero-order valence-electron chi connectivity index (χ0n) is 3.89. The van der Waals surface area contributed by atoms with Crippen LogP contribution in [0.15, 0.2) is 11.1 Å². The van der Waals surface area contributed by atoms with E-state index in [0.717, 1.165) is 17.9 Å². The monoisotopic (exact) mass is 117 g/mol. The fourth-order valence-electron chi connectivity index (χ4n) is 0.505. The summed E-state index contributed by atoms with van der Waals surface area (Å²) in [5, 5.41) is 1.61. The lowest BCUT2D eigenvalue weighted by Crippen LogP contribution is -1.91. The van der Waals surface area contributed by atoms with E-state index in [2.05, 4.69) is 0 Å². The van der Waals surface area contributed by atoms with Crippen LogP contribution in [-0.4, -0.2) is 9.96 Å².